The van der Waals surface area contributed by atoms with Gasteiger partial charge in [0.1, 0.15) is 5.82 Å². The number of rotatable bonds is 7. The molecule has 2 rings (SSSR count). The molecule has 0 aliphatic carbocycles. The molecule has 0 fully saturated rings. The number of benzene rings is 1. The average molecular weight is 290 g/mol. The van der Waals surface area contributed by atoms with Crippen LogP contribution in [0.4, 0.5) is 0 Å². The van der Waals surface area contributed by atoms with Crippen LogP contribution in [0.5, 0.6) is 0 Å². The molecule has 0 aliphatic heterocycles. The molecule has 1 atom stereocenters. The Bertz CT molecular complexity index is 634. The summed E-state index contributed by atoms with van der Waals surface area (Å²) in [6, 6.07) is 5.21. The Labute approximate surface area is 124 Å². The number of aromatic nitrogens is 2. The first-order chi connectivity index (χ1) is 10.1. The lowest BCUT2D eigenvalue weighted by atomic mass is 10.1. The molecule has 1 unspecified atom stereocenters. The van der Waals surface area contributed by atoms with Crippen molar-refractivity contribution in [2.75, 3.05) is 6.61 Å². The standard InChI is InChI=1S/C16H22N2O3/c1-3-5-14-17-13-7-4-6-12(16(20)21)15(13)18(14)10-11(2)8-9-19/h4,6-7,11,19H,3,5,8-10H2,1-2H3,(H,20,21). The number of para-hydroxylation sites is 1. The van der Waals surface area contributed by atoms with Crippen LogP contribution in [0, 0.1) is 5.92 Å². The number of hydrogen-bond donors (Lipinski definition) is 2. The maximum Gasteiger partial charge on any atom is 0.337 e. The highest BCUT2D eigenvalue weighted by molar-refractivity contribution is 6.01. The van der Waals surface area contributed by atoms with E-state index in [-0.39, 0.29) is 12.5 Å². The number of aromatic carboxylic acids is 1. The summed E-state index contributed by atoms with van der Waals surface area (Å²) in [7, 11) is 0. The van der Waals surface area contributed by atoms with Gasteiger partial charge in [0, 0.05) is 19.6 Å². The second-order valence-corrected chi connectivity index (χ2v) is 5.48. The summed E-state index contributed by atoms with van der Waals surface area (Å²) in [6.45, 7) is 4.96. The van der Waals surface area contributed by atoms with Crippen LogP contribution >= 0.6 is 0 Å². The lowest BCUT2D eigenvalue weighted by Crippen LogP contribution is -2.13. The van der Waals surface area contributed by atoms with Gasteiger partial charge in [-0.05, 0) is 30.9 Å². The van der Waals surface area contributed by atoms with E-state index in [0.717, 1.165) is 24.2 Å². The third-order valence-corrected chi connectivity index (χ3v) is 3.67. The van der Waals surface area contributed by atoms with Gasteiger partial charge in [0.15, 0.2) is 0 Å². The van der Waals surface area contributed by atoms with Gasteiger partial charge in [0.25, 0.3) is 0 Å². The van der Waals surface area contributed by atoms with Crippen molar-refractivity contribution in [3.8, 4) is 0 Å². The molecule has 114 valence electrons. The second kappa shape index (κ2) is 6.72. The van der Waals surface area contributed by atoms with E-state index in [0.29, 0.717) is 24.0 Å². The molecular weight excluding hydrogens is 268 g/mol. The predicted molar refractivity (Wildman–Crippen MR) is 81.6 cm³/mol. The minimum Gasteiger partial charge on any atom is -0.478 e. The molecule has 2 aromatic rings. The lowest BCUT2D eigenvalue weighted by molar-refractivity contribution is 0.0698. The van der Waals surface area contributed by atoms with Crippen molar-refractivity contribution >= 4 is 17.0 Å². The van der Waals surface area contributed by atoms with Crippen molar-refractivity contribution in [3.05, 3.63) is 29.6 Å². The van der Waals surface area contributed by atoms with E-state index in [9.17, 15) is 9.90 Å². The first-order valence-electron chi connectivity index (χ1n) is 7.40. The van der Waals surface area contributed by atoms with Crippen LogP contribution in [0.1, 0.15) is 42.9 Å². The number of imidazole rings is 1. The van der Waals surface area contributed by atoms with Gasteiger partial charge in [-0.2, -0.15) is 0 Å². The van der Waals surface area contributed by atoms with Crippen LogP contribution < -0.4 is 0 Å². The van der Waals surface area contributed by atoms with E-state index in [1.54, 1.807) is 12.1 Å². The minimum absolute atomic E-state index is 0.142. The normalized spacial score (nSPS) is 12.7. The van der Waals surface area contributed by atoms with Gasteiger partial charge < -0.3 is 14.8 Å². The van der Waals surface area contributed by atoms with Crippen molar-refractivity contribution in [2.24, 2.45) is 5.92 Å². The van der Waals surface area contributed by atoms with Crippen LogP contribution in [0.25, 0.3) is 11.0 Å². The zero-order valence-electron chi connectivity index (χ0n) is 12.5. The summed E-state index contributed by atoms with van der Waals surface area (Å²) in [5.41, 5.74) is 1.71. The van der Waals surface area contributed by atoms with Crippen molar-refractivity contribution < 1.29 is 15.0 Å². The third-order valence-electron chi connectivity index (χ3n) is 3.67. The first-order valence-corrected chi connectivity index (χ1v) is 7.40. The maximum absolute atomic E-state index is 11.5. The lowest BCUT2D eigenvalue weighted by Gasteiger charge is -2.15. The van der Waals surface area contributed by atoms with Crippen molar-refractivity contribution in [1.82, 2.24) is 9.55 Å². The SMILES string of the molecule is CCCc1nc2cccc(C(=O)O)c2n1CC(C)CCO. The number of fused-ring (bicyclic) bond motifs is 1. The quantitative estimate of drug-likeness (QED) is 0.822. The molecule has 0 spiro atoms. The summed E-state index contributed by atoms with van der Waals surface area (Å²) in [5, 5.41) is 18.5. The molecule has 0 aliphatic rings. The Kier molecular flexibility index (Phi) is 4.96. The number of carboxylic acid groups (broad SMARTS) is 1. The summed E-state index contributed by atoms with van der Waals surface area (Å²) in [6.07, 6.45) is 2.47. The summed E-state index contributed by atoms with van der Waals surface area (Å²) in [5.74, 6) is 0.260. The highest BCUT2D eigenvalue weighted by Gasteiger charge is 2.18. The Balaban J connectivity index is 2.56. The van der Waals surface area contributed by atoms with Gasteiger partial charge in [-0.15, -0.1) is 0 Å². The van der Waals surface area contributed by atoms with E-state index in [4.69, 9.17) is 5.11 Å². The zero-order valence-corrected chi connectivity index (χ0v) is 12.5. The Morgan fingerprint density at radius 3 is 2.81 bits per heavy atom. The highest BCUT2D eigenvalue weighted by Crippen LogP contribution is 2.23. The number of carboxylic acids is 1. The molecule has 1 aromatic heterocycles. The summed E-state index contributed by atoms with van der Waals surface area (Å²) < 4.78 is 2.02. The second-order valence-electron chi connectivity index (χ2n) is 5.48. The fourth-order valence-corrected chi connectivity index (χ4v) is 2.64. The molecule has 21 heavy (non-hydrogen) atoms. The maximum atomic E-state index is 11.5. The number of carbonyl (C=O) groups is 1. The van der Waals surface area contributed by atoms with Crippen LogP contribution in [-0.4, -0.2) is 32.3 Å². The van der Waals surface area contributed by atoms with Crippen molar-refractivity contribution in [3.63, 3.8) is 0 Å². The van der Waals surface area contributed by atoms with E-state index in [2.05, 4.69) is 18.8 Å². The van der Waals surface area contributed by atoms with Gasteiger partial charge in [0.2, 0.25) is 0 Å². The predicted octanol–water partition coefficient (Wildman–Crippen LogP) is 2.71. The number of hydrogen-bond acceptors (Lipinski definition) is 3. The fraction of sp³-hybridized carbons (Fsp3) is 0.500. The molecule has 1 heterocycles. The molecule has 2 N–H and O–H groups in total. The van der Waals surface area contributed by atoms with E-state index < -0.39 is 5.97 Å². The molecule has 5 heteroatoms. The van der Waals surface area contributed by atoms with E-state index in [1.165, 1.54) is 0 Å². The van der Waals surface area contributed by atoms with Gasteiger partial charge in [-0.3, -0.25) is 0 Å². The van der Waals surface area contributed by atoms with Gasteiger partial charge in [-0.1, -0.05) is 19.9 Å². The topological polar surface area (TPSA) is 75.3 Å². The Hall–Kier alpha value is -1.88. The summed E-state index contributed by atoms with van der Waals surface area (Å²) in [4.78, 5) is 16.1. The molecule has 0 saturated carbocycles. The summed E-state index contributed by atoms with van der Waals surface area (Å²) >= 11 is 0. The molecular formula is C16H22N2O3. The van der Waals surface area contributed by atoms with Crippen LogP contribution in [0.3, 0.4) is 0 Å². The molecule has 1 aromatic carbocycles. The Morgan fingerprint density at radius 2 is 2.19 bits per heavy atom. The van der Waals surface area contributed by atoms with Gasteiger partial charge in [0.05, 0.1) is 16.6 Å². The largest absolute Gasteiger partial charge is 0.478 e. The first kappa shape index (κ1) is 15.5. The van der Waals surface area contributed by atoms with E-state index >= 15 is 0 Å². The molecule has 5 nitrogen and oxygen atoms in total. The minimum atomic E-state index is -0.931. The smallest absolute Gasteiger partial charge is 0.337 e. The Morgan fingerprint density at radius 1 is 1.43 bits per heavy atom. The van der Waals surface area contributed by atoms with Crippen LogP contribution in [0.2, 0.25) is 0 Å². The number of aliphatic hydroxyl groups is 1. The van der Waals surface area contributed by atoms with Gasteiger partial charge in [-0.25, -0.2) is 9.78 Å². The van der Waals surface area contributed by atoms with Gasteiger partial charge >= 0.3 is 5.97 Å². The number of aliphatic hydroxyl groups excluding tert-OH is 1. The number of aryl methyl sites for hydroxylation is 1. The van der Waals surface area contributed by atoms with Crippen LogP contribution in [0.15, 0.2) is 18.2 Å². The van der Waals surface area contributed by atoms with Crippen molar-refractivity contribution in [2.45, 2.75) is 39.7 Å². The molecule has 0 saturated heterocycles. The number of nitrogens with zero attached hydrogens (tertiary/aromatic N) is 2. The van der Waals surface area contributed by atoms with Crippen molar-refractivity contribution in [1.29, 1.82) is 0 Å². The average Bonchev–Trinajstić information content (AvgIpc) is 2.77. The highest BCUT2D eigenvalue weighted by atomic mass is 16.4. The third kappa shape index (κ3) is 3.24. The molecule has 0 amide bonds. The van der Waals surface area contributed by atoms with Crippen LogP contribution in [-0.2, 0) is 13.0 Å². The monoisotopic (exact) mass is 290 g/mol. The van der Waals surface area contributed by atoms with E-state index in [1.807, 2.05) is 10.6 Å². The zero-order chi connectivity index (χ0) is 15.4. The molecule has 0 bridgehead atoms. The molecule has 0 radical (unpaired) electrons. The fourth-order valence-electron chi connectivity index (χ4n) is 2.64.